The van der Waals surface area contributed by atoms with Crippen LogP contribution in [0.25, 0.3) is 0 Å². The first kappa shape index (κ1) is 27.6. The van der Waals surface area contributed by atoms with E-state index in [0.29, 0.717) is 10.6 Å². The van der Waals surface area contributed by atoms with Gasteiger partial charge in [-0.05, 0) is 36.1 Å². The number of benzene rings is 2. The van der Waals surface area contributed by atoms with E-state index in [1.54, 1.807) is 41.8 Å². The van der Waals surface area contributed by atoms with Crippen LogP contribution in [0.1, 0.15) is 40.2 Å². The number of ether oxygens (including phenoxy) is 1. The van der Waals surface area contributed by atoms with Gasteiger partial charge in [-0.3, -0.25) is 18.9 Å². The number of anilines is 1. The number of hydrogen-bond donors (Lipinski definition) is 3. The van der Waals surface area contributed by atoms with Crippen LogP contribution in [0.15, 0.2) is 60.0 Å². The fraction of sp³-hybridized carbons (Fsp3) is 0.320. The summed E-state index contributed by atoms with van der Waals surface area (Å²) in [4.78, 5) is 30.2. The molecule has 9 nitrogen and oxygen atoms in total. The van der Waals surface area contributed by atoms with E-state index in [2.05, 4.69) is 10.3 Å². The lowest BCUT2D eigenvalue weighted by Gasteiger charge is -2.21. The molecule has 3 aromatic rings. The summed E-state index contributed by atoms with van der Waals surface area (Å²) in [6.45, 7) is 0. The van der Waals surface area contributed by atoms with Gasteiger partial charge in [0.05, 0.1) is 30.5 Å². The molecule has 1 amide bonds. The summed E-state index contributed by atoms with van der Waals surface area (Å²) in [6.07, 6.45) is -0.0124. The first-order valence-corrected chi connectivity index (χ1v) is 13.9. The van der Waals surface area contributed by atoms with Gasteiger partial charge in [-0.1, -0.05) is 42.5 Å². The minimum Gasteiger partial charge on any atom is -0.468 e. The predicted octanol–water partition coefficient (Wildman–Crippen LogP) is 3.91. The number of hydrogen-bond acceptors (Lipinski definition) is 7. The van der Waals surface area contributed by atoms with Gasteiger partial charge in [0.15, 0.2) is 0 Å². The Kier molecular flexibility index (Phi) is 8.09. The number of halogens is 2. The molecule has 3 atom stereocenters. The smallest absolute Gasteiger partial charge is 0.357 e. The van der Waals surface area contributed by atoms with Crippen LogP contribution in [0, 0.1) is 5.92 Å². The van der Waals surface area contributed by atoms with Crippen molar-refractivity contribution >= 4 is 39.2 Å². The number of esters is 1. The van der Waals surface area contributed by atoms with E-state index in [1.165, 1.54) is 19.2 Å². The third-order valence-electron chi connectivity index (χ3n) is 6.06. The number of nitrogens with one attached hydrogen (secondary N) is 2. The van der Waals surface area contributed by atoms with E-state index in [1.807, 2.05) is 10.8 Å². The van der Waals surface area contributed by atoms with Crippen molar-refractivity contribution in [1.29, 1.82) is 0 Å². The summed E-state index contributed by atoms with van der Waals surface area (Å²) in [7, 11) is -3.26. The molecule has 0 saturated heterocycles. The van der Waals surface area contributed by atoms with Crippen LogP contribution >= 0.6 is 11.3 Å². The Morgan fingerprint density at radius 2 is 1.76 bits per heavy atom. The van der Waals surface area contributed by atoms with E-state index in [0.717, 1.165) is 16.9 Å². The number of rotatable bonds is 11. The third-order valence-corrected chi connectivity index (χ3v) is 7.53. The SMILES string of the molecule is COC(=O)[C@@H](Cc1ccccc1)C(=O)N[C@@H](Cc1ccc(NS(=O)(=O)O)cc1)c1nc(C2CC2(F)F)cs1. The van der Waals surface area contributed by atoms with Crippen LogP contribution in [-0.2, 0) is 37.5 Å². The average molecular weight is 566 g/mol. The molecule has 13 heteroatoms. The fourth-order valence-corrected chi connectivity index (χ4v) is 5.35. The maximum atomic E-state index is 13.6. The predicted molar refractivity (Wildman–Crippen MR) is 136 cm³/mol. The van der Waals surface area contributed by atoms with Crippen LogP contribution in [0.4, 0.5) is 14.5 Å². The van der Waals surface area contributed by atoms with E-state index in [4.69, 9.17) is 9.29 Å². The molecule has 3 N–H and O–H groups in total. The van der Waals surface area contributed by atoms with Gasteiger partial charge in [0.1, 0.15) is 10.9 Å². The second kappa shape index (κ2) is 11.1. The summed E-state index contributed by atoms with van der Waals surface area (Å²) in [5, 5.41) is 4.76. The van der Waals surface area contributed by atoms with E-state index < -0.39 is 46.0 Å². The Labute approximate surface area is 222 Å². The zero-order chi connectivity index (χ0) is 27.5. The fourth-order valence-electron chi connectivity index (χ4n) is 4.00. The van der Waals surface area contributed by atoms with Crippen LogP contribution in [0.3, 0.4) is 0 Å². The van der Waals surface area contributed by atoms with Crippen molar-refractivity contribution in [1.82, 2.24) is 10.3 Å². The lowest BCUT2D eigenvalue weighted by atomic mass is 9.97. The van der Waals surface area contributed by atoms with Gasteiger partial charge in [-0.15, -0.1) is 11.3 Å². The minimum atomic E-state index is -4.45. The minimum absolute atomic E-state index is 0.0967. The first-order chi connectivity index (χ1) is 17.9. The number of amides is 1. The summed E-state index contributed by atoms with van der Waals surface area (Å²) < 4.78 is 65.1. The molecule has 0 bridgehead atoms. The number of carbonyl (C=O) groups excluding carboxylic acids is 2. The van der Waals surface area contributed by atoms with Crippen molar-refractivity contribution in [3.05, 3.63) is 81.8 Å². The van der Waals surface area contributed by atoms with Gasteiger partial charge in [0.2, 0.25) is 5.91 Å². The Hall–Kier alpha value is -3.42. The standard InChI is InChI=1S/C25H25F2N3O6S2/c1-36-24(32)18(11-15-5-3-2-4-6-15)22(31)28-20(23-29-21(14-37-23)19-13-25(19,26)27)12-16-7-9-17(10-8-16)30-38(33,34)35/h2-10,14,18-20,30H,11-13H2,1H3,(H,28,31)(H,33,34,35)/t18-,19?,20-/m0/s1. The quantitative estimate of drug-likeness (QED) is 0.182. The first-order valence-electron chi connectivity index (χ1n) is 11.5. The van der Waals surface area contributed by atoms with E-state index >= 15 is 0 Å². The molecule has 38 heavy (non-hydrogen) atoms. The van der Waals surface area contributed by atoms with Gasteiger partial charge < -0.3 is 10.1 Å². The molecule has 1 heterocycles. The number of alkyl halides is 2. The number of methoxy groups -OCH3 is 1. The number of aromatic nitrogens is 1. The maximum absolute atomic E-state index is 13.6. The van der Waals surface area contributed by atoms with Crippen LogP contribution in [-0.4, -0.2) is 42.9 Å². The van der Waals surface area contributed by atoms with Gasteiger partial charge in [0.25, 0.3) is 5.92 Å². The largest absolute Gasteiger partial charge is 0.468 e. The lowest BCUT2D eigenvalue weighted by molar-refractivity contribution is -0.150. The number of thiazole rings is 1. The zero-order valence-corrected chi connectivity index (χ0v) is 21.8. The van der Waals surface area contributed by atoms with Crippen molar-refractivity contribution in [2.75, 3.05) is 11.8 Å². The second-order valence-corrected chi connectivity index (χ2v) is 11.0. The summed E-state index contributed by atoms with van der Waals surface area (Å²) in [5.41, 5.74) is 1.78. The molecule has 1 fully saturated rings. The Bertz CT molecular complexity index is 1400. The van der Waals surface area contributed by atoms with Gasteiger partial charge in [-0.2, -0.15) is 8.42 Å². The number of carbonyl (C=O) groups is 2. The van der Waals surface area contributed by atoms with Gasteiger partial charge >= 0.3 is 16.3 Å². The van der Waals surface area contributed by atoms with Crippen molar-refractivity contribution in [2.24, 2.45) is 5.92 Å². The Morgan fingerprint density at radius 1 is 1.13 bits per heavy atom. The summed E-state index contributed by atoms with van der Waals surface area (Å²) >= 11 is 1.13. The van der Waals surface area contributed by atoms with Gasteiger partial charge in [-0.25, -0.2) is 13.8 Å². The molecule has 202 valence electrons. The Morgan fingerprint density at radius 3 is 2.34 bits per heavy atom. The van der Waals surface area contributed by atoms with Crippen LogP contribution in [0.5, 0.6) is 0 Å². The average Bonchev–Trinajstić information content (AvgIpc) is 3.25. The normalized spacial score (nSPS) is 17.7. The van der Waals surface area contributed by atoms with Crippen LogP contribution in [0.2, 0.25) is 0 Å². The van der Waals surface area contributed by atoms with Crippen molar-refractivity contribution in [3.63, 3.8) is 0 Å². The topological polar surface area (TPSA) is 135 Å². The highest BCUT2D eigenvalue weighted by atomic mass is 32.2. The highest BCUT2D eigenvalue weighted by molar-refractivity contribution is 7.87. The van der Waals surface area contributed by atoms with Crippen molar-refractivity contribution < 1.29 is 36.1 Å². The molecule has 1 unspecified atom stereocenters. The molecule has 0 aliphatic heterocycles. The lowest BCUT2D eigenvalue weighted by Crippen LogP contribution is -2.40. The van der Waals surface area contributed by atoms with Gasteiger partial charge in [0, 0.05) is 11.8 Å². The monoisotopic (exact) mass is 565 g/mol. The molecule has 0 spiro atoms. The molecule has 1 aromatic heterocycles. The van der Waals surface area contributed by atoms with E-state index in [9.17, 15) is 26.8 Å². The summed E-state index contributed by atoms with van der Waals surface area (Å²) in [5.74, 6) is -6.24. The molecule has 1 aliphatic carbocycles. The number of nitrogens with zero attached hydrogens (tertiary/aromatic N) is 1. The van der Waals surface area contributed by atoms with E-state index in [-0.39, 0.29) is 30.6 Å². The highest BCUT2D eigenvalue weighted by Crippen LogP contribution is 2.55. The Balaban J connectivity index is 1.57. The molecular formula is C25H25F2N3O6S2. The second-order valence-electron chi connectivity index (χ2n) is 8.93. The molecule has 4 rings (SSSR count). The summed E-state index contributed by atoms with van der Waals surface area (Å²) in [6, 6.07) is 14.2. The highest BCUT2D eigenvalue weighted by Gasteiger charge is 2.58. The van der Waals surface area contributed by atoms with Crippen molar-refractivity contribution in [3.8, 4) is 0 Å². The molecule has 0 radical (unpaired) electrons. The molecular weight excluding hydrogens is 540 g/mol. The maximum Gasteiger partial charge on any atom is 0.357 e. The molecule has 1 saturated carbocycles. The molecule has 2 aromatic carbocycles. The zero-order valence-electron chi connectivity index (χ0n) is 20.1. The molecule has 1 aliphatic rings. The third kappa shape index (κ3) is 7.11. The van der Waals surface area contributed by atoms with Crippen molar-refractivity contribution in [2.45, 2.75) is 37.1 Å². The van der Waals surface area contributed by atoms with Crippen LogP contribution < -0.4 is 10.0 Å².